The lowest BCUT2D eigenvalue weighted by atomic mass is 10.1. The Balaban J connectivity index is 3.33. The molecule has 0 saturated heterocycles. The van der Waals surface area contributed by atoms with Gasteiger partial charge in [-0.3, -0.25) is 0 Å². The average Bonchev–Trinajstić information content (AvgIpc) is 2.35. The third-order valence-electron chi connectivity index (χ3n) is 2.82. The molecule has 0 unspecified atom stereocenters. The van der Waals surface area contributed by atoms with Gasteiger partial charge in [0.1, 0.15) is 0 Å². The first-order valence-electron chi connectivity index (χ1n) is 7.04. The number of aliphatic carboxylic acids is 1. The highest BCUT2D eigenvalue weighted by atomic mass is 16.4. The number of carboxylic acid groups (broad SMARTS) is 1. The molecule has 18 heavy (non-hydrogen) atoms. The van der Waals surface area contributed by atoms with Gasteiger partial charge in [0.25, 0.3) is 0 Å². The van der Waals surface area contributed by atoms with E-state index < -0.39 is 5.97 Å². The molecule has 0 radical (unpaired) electrons. The number of hydrogen-bond acceptors (Lipinski definition) is 1. The van der Waals surface area contributed by atoms with Crippen molar-refractivity contribution in [2.24, 2.45) is 0 Å². The second-order valence-electron chi connectivity index (χ2n) is 4.60. The van der Waals surface area contributed by atoms with Gasteiger partial charge in [0, 0.05) is 18.4 Å². The van der Waals surface area contributed by atoms with Crippen molar-refractivity contribution in [3.05, 3.63) is 11.6 Å². The van der Waals surface area contributed by atoms with Crippen molar-refractivity contribution in [3.63, 3.8) is 0 Å². The van der Waals surface area contributed by atoms with Gasteiger partial charge in [-0.2, -0.15) is 0 Å². The molecular weight excluding hydrogens is 224 g/mol. The molecule has 0 aliphatic carbocycles. The molecule has 0 saturated carbocycles. The van der Waals surface area contributed by atoms with Crippen molar-refractivity contribution in [2.75, 3.05) is 0 Å². The van der Waals surface area contributed by atoms with Crippen molar-refractivity contribution in [2.45, 2.75) is 71.6 Å². The number of carbonyl (C=O) groups is 1. The Hall–Kier alpha value is -1.23. The molecule has 0 aliphatic heterocycles. The van der Waals surface area contributed by atoms with Crippen LogP contribution < -0.4 is 0 Å². The molecule has 0 atom stereocenters. The predicted molar refractivity (Wildman–Crippen MR) is 76.4 cm³/mol. The number of unbranched alkanes of at least 4 members (excludes halogenated alkanes) is 7. The Kier molecular flexibility index (Phi) is 11.4. The molecule has 0 aromatic heterocycles. The summed E-state index contributed by atoms with van der Waals surface area (Å²) < 4.78 is 0. The highest BCUT2D eigenvalue weighted by molar-refractivity contribution is 5.85. The minimum Gasteiger partial charge on any atom is -0.478 e. The van der Waals surface area contributed by atoms with Crippen LogP contribution in [0, 0.1) is 11.8 Å². The van der Waals surface area contributed by atoms with E-state index in [2.05, 4.69) is 18.8 Å². The summed E-state index contributed by atoms with van der Waals surface area (Å²) in [5.41, 5.74) is 0.455. The molecule has 1 N–H and O–H groups in total. The van der Waals surface area contributed by atoms with E-state index in [9.17, 15) is 4.79 Å². The average molecular weight is 250 g/mol. The van der Waals surface area contributed by atoms with Gasteiger partial charge in [-0.1, -0.05) is 32.3 Å². The molecule has 0 bridgehead atoms. The quantitative estimate of drug-likeness (QED) is 0.370. The fourth-order valence-electron chi connectivity index (χ4n) is 1.56. The lowest BCUT2D eigenvalue weighted by Crippen LogP contribution is -1.95. The van der Waals surface area contributed by atoms with E-state index in [4.69, 9.17) is 5.11 Å². The summed E-state index contributed by atoms with van der Waals surface area (Å²) in [5, 5.41) is 8.66. The molecule has 0 fully saturated rings. The van der Waals surface area contributed by atoms with Crippen molar-refractivity contribution in [1.29, 1.82) is 0 Å². The first kappa shape index (κ1) is 16.8. The fraction of sp³-hybridized carbons (Fsp3) is 0.688. The number of carboxylic acids is 1. The van der Waals surface area contributed by atoms with E-state index in [1.807, 2.05) is 6.08 Å². The minimum atomic E-state index is -0.808. The van der Waals surface area contributed by atoms with Gasteiger partial charge in [-0.25, -0.2) is 4.79 Å². The molecule has 0 amide bonds. The smallest absolute Gasteiger partial charge is 0.330 e. The Morgan fingerprint density at radius 1 is 1.06 bits per heavy atom. The molecule has 0 rings (SSSR count). The normalized spacial score (nSPS) is 10.9. The van der Waals surface area contributed by atoms with Gasteiger partial charge >= 0.3 is 5.97 Å². The second kappa shape index (κ2) is 12.2. The molecule has 0 spiro atoms. The highest BCUT2D eigenvalue weighted by Crippen LogP contribution is 2.07. The van der Waals surface area contributed by atoms with E-state index in [-0.39, 0.29) is 0 Å². The number of rotatable bonds is 9. The lowest BCUT2D eigenvalue weighted by Gasteiger charge is -1.97. The van der Waals surface area contributed by atoms with Gasteiger partial charge < -0.3 is 5.11 Å². The molecule has 0 aliphatic rings. The van der Waals surface area contributed by atoms with Crippen LogP contribution in [0.25, 0.3) is 0 Å². The van der Waals surface area contributed by atoms with Crippen LogP contribution in [0.2, 0.25) is 0 Å². The minimum absolute atomic E-state index is 0.455. The third-order valence-corrected chi connectivity index (χ3v) is 2.82. The molecule has 0 heterocycles. The van der Waals surface area contributed by atoms with Gasteiger partial charge in [0.15, 0.2) is 0 Å². The summed E-state index contributed by atoms with van der Waals surface area (Å²) in [7, 11) is 0. The van der Waals surface area contributed by atoms with Crippen molar-refractivity contribution < 1.29 is 9.90 Å². The van der Waals surface area contributed by atoms with Crippen LogP contribution in [0.15, 0.2) is 11.6 Å². The first-order chi connectivity index (χ1) is 8.68. The van der Waals surface area contributed by atoms with Gasteiger partial charge in [0.05, 0.1) is 0 Å². The van der Waals surface area contributed by atoms with Gasteiger partial charge in [0.2, 0.25) is 0 Å². The topological polar surface area (TPSA) is 37.3 Å². The van der Waals surface area contributed by atoms with E-state index >= 15 is 0 Å². The Labute approximate surface area is 111 Å². The molecular formula is C16H26O2. The lowest BCUT2D eigenvalue weighted by molar-refractivity contribution is -0.132. The maximum Gasteiger partial charge on any atom is 0.330 e. The van der Waals surface area contributed by atoms with Gasteiger partial charge in [-0.05, 0) is 32.6 Å². The largest absolute Gasteiger partial charge is 0.478 e. The summed E-state index contributed by atoms with van der Waals surface area (Å²) >= 11 is 0. The summed E-state index contributed by atoms with van der Waals surface area (Å²) in [6.45, 7) is 3.83. The van der Waals surface area contributed by atoms with Crippen LogP contribution in [-0.2, 0) is 4.79 Å². The zero-order chi connectivity index (χ0) is 13.6. The summed E-state index contributed by atoms with van der Waals surface area (Å²) in [5.74, 6) is 5.59. The van der Waals surface area contributed by atoms with Crippen molar-refractivity contribution in [1.82, 2.24) is 0 Å². The maximum absolute atomic E-state index is 10.5. The molecule has 2 nitrogen and oxygen atoms in total. The monoisotopic (exact) mass is 250 g/mol. The first-order valence-corrected chi connectivity index (χ1v) is 7.04. The van der Waals surface area contributed by atoms with Crippen LogP contribution in [0.1, 0.15) is 71.6 Å². The van der Waals surface area contributed by atoms with Gasteiger partial charge in [-0.15, -0.1) is 11.8 Å². The van der Waals surface area contributed by atoms with Crippen LogP contribution in [0.3, 0.4) is 0 Å². The van der Waals surface area contributed by atoms with Crippen LogP contribution in [-0.4, -0.2) is 11.1 Å². The Morgan fingerprint density at radius 3 is 2.28 bits per heavy atom. The third kappa shape index (κ3) is 11.3. The summed E-state index contributed by atoms with van der Waals surface area (Å²) in [6.07, 6.45) is 11.8. The van der Waals surface area contributed by atoms with E-state index in [0.717, 1.165) is 25.7 Å². The number of allylic oxidation sites excluding steroid dienone is 1. The van der Waals surface area contributed by atoms with E-state index in [1.165, 1.54) is 32.1 Å². The Morgan fingerprint density at radius 2 is 1.67 bits per heavy atom. The maximum atomic E-state index is 10.5. The van der Waals surface area contributed by atoms with Crippen LogP contribution in [0.4, 0.5) is 0 Å². The van der Waals surface area contributed by atoms with E-state index in [0.29, 0.717) is 5.57 Å². The number of hydrogen-bond donors (Lipinski definition) is 1. The molecule has 0 aromatic carbocycles. The zero-order valence-electron chi connectivity index (χ0n) is 11.8. The zero-order valence-corrected chi connectivity index (χ0v) is 11.8. The SMILES string of the molecule is CCCCC#CCCCCCCC=C(C)C(=O)O. The molecule has 0 aromatic rings. The second-order valence-corrected chi connectivity index (χ2v) is 4.60. The van der Waals surface area contributed by atoms with Crippen LogP contribution >= 0.6 is 0 Å². The summed E-state index contributed by atoms with van der Waals surface area (Å²) in [4.78, 5) is 10.5. The van der Waals surface area contributed by atoms with Crippen LogP contribution in [0.5, 0.6) is 0 Å². The standard InChI is InChI=1S/C16H26O2/c1-3-4-5-6-7-8-9-10-11-12-13-14-15(2)16(17)18/h14H,3-5,8-13H2,1-2H3,(H,17,18). The molecule has 102 valence electrons. The highest BCUT2D eigenvalue weighted by Gasteiger charge is 1.97. The molecule has 2 heteroatoms. The Bertz CT molecular complexity index is 305. The van der Waals surface area contributed by atoms with E-state index in [1.54, 1.807) is 6.92 Å². The van der Waals surface area contributed by atoms with Crippen molar-refractivity contribution in [3.8, 4) is 11.8 Å². The summed E-state index contributed by atoms with van der Waals surface area (Å²) in [6, 6.07) is 0. The van der Waals surface area contributed by atoms with Crippen molar-refractivity contribution >= 4 is 5.97 Å². The predicted octanol–water partition coefficient (Wildman–Crippen LogP) is 4.55. The fourth-order valence-corrected chi connectivity index (χ4v) is 1.56.